The van der Waals surface area contributed by atoms with Gasteiger partial charge in [-0.1, -0.05) is 0 Å². The third-order valence-corrected chi connectivity index (χ3v) is 3.09. The minimum Gasteiger partial charge on any atom is -0.481 e. The number of nitrogens with one attached hydrogen (secondary N) is 1. The van der Waals surface area contributed by atoms with Crippen LogP contribution in [0.2, 0.25) is 0 Å². The molecule has 4 nitrogen and oxygen atoms in total. The third-order valence-electron chi connectivity index (χ3n) is 2.04. The lowest BCUT2D eigenvalue weighted by molar-refractivity contribution is -0.136. The van der Waals surface area contributed by atoms with Crippen molar-refractivity contribution in [3.8, 4) is 10.7 Å². The molecule has 0 aliphatic rings. The van der Waals surface area contributed by atoms with Crippen molar-refractivity contribution in [1.82, 2.24) is 9.97 Å². The van der Waals surface area contributed by atoms with Gasteiger partial charge in [-0.05, 0) is 19.1 Å². The van der Waals surface area contributed by atoms with E-state index in [-0.39, 0.29) is 6.42 Å². The molecule has 0 saturated carbocycles. The van der Waals surface area contributed by atoms with Crippen molar-refractivity contribution in [3.63, 3.8) is 0 Å². The molecule has 0 spiro atoms. The molecule has 2 N–H and O–H groups in total. The smallest absolute Gasteiger partial charge is 0.309 e. The second-order valence-corrected chi connectivity index (χ2v) is 4.38. The number of aromatic nitrogens is 2. The number of thiazole rings is 1. The Labute approximate surface area is 90.6 Å². The van der Waals surface area contributed by atoms with E-state index in [9.17, 15) is 4.79 Å². The summed E-state index contributed by atoms with van der Waals surface area (Å²) in [7, 11) is 0. The minimum absolute atomic E-state index is 0.0109. The van der Waals surface area contributed by atoms with E-state index in [1.165, 1.54) is 11.3 Å². The van der Waals surface area contributed by atoms with Crippen molar-refractivity contribution in [2.45, 2.75) is 13.3 Å². The summed E-state index contributed by atoms with van der Waals surface area (Å²) in [5.41, 5.74) is 1.58. The Morgan fingerprint density at radius 3 is 3.07 bits per heavy atom. The first-order valence-electron chi connectivity index (χ1n) is 4.48. The van der Waals surface area contributed by atoms with Gasteiger partial charge in [-0.2, -0.15) is 0 Å². The van der Waals surface area contributed by atoms with Gasteiger partial charge < -0.3 is 10.1 Å². The highest BCUT2D eigenvalue weighted by Gasteiger charge is 2.12. The minimum atomic E-state index is -0.846. The van der Waals surface area contributed by atoms with E-state index in [1.54, 1.807) is 0 Å². The van der Waals surface area contributed by atoms with Crippen LogP contribution in [0.3, 0.4) is 0 Å². The lowest BCUT2D eigenvalue weighted by Crippen LogP contribution is -2.01. The van der Waals surface area contributed by atoms with Gasteiger partial charge in [0.1, 0.15) is 5.01 Å². The first-order chi connectivity index (χ1) is 7.16. The molecule has 2 aromatic rings. The standard InChI is InChI=1S/C10H10N2O2S/c1-6-8(5-9(13)14)12-10(15-6)7-3-2-4-11-7/h2-4,11H,5H2,1H3,(H,13,14). The lowest BCUT2D eigenvalue weighted by atomic mass is 10.3. The van der Waals surface area contributed by atoms with Crippen molar-refractivity contribution in [2.24, 2.45) is 0 Å². The molecule has 0 unspecified atom stereocenters. The summed E-state index contributed by atoms with van der Waals surface area (Å²) >= 11 is 1.51. The number of hydrogen-bond acceptors (Lipinski definition) is 3. The van der Waals surface area contributed by atoms with Gasteiger partial charge in [0.25, 0.3) is 0 Å². The van der Waals surface area contributed by atoms with Crippen LogP contribution in [-0.2, 0) is 11.2 Å². The molecule has 0 amide bonds. The van der Waals surface area contributed by atoms with Crippen LogP contribution < -0.4 is 0 Å². The van der Waals surface area contributed by atoms with Gasteiger partial charge in [0.15, 0.2) is 0 Å². The fourth-order valence-electron chi connectivity index (χ4n) is 1.31. The number of carboxylic acid groups (broad SMARTS) is 1. The van der Waals surface area contributed by atoms with Gasteiger partial charge in [-0.25, -0.2) is 4.98 Å². The van der Waals surface area contributed by atoms with Gasteiger partial charge in [0, 0.05) is 11.1 Å². The number of carbonyl (C=O) groups is 1. The number of rotatable bonds is 3. The Morgan fingerprint density at radius 1 is 1.67 bits per heavy atom. The maximum atomic E-state index is 10.6. The van der Waals surface area contributed by atoms with E-state index in [2.05, 4.69) is 9.97 Å². The Balaban J connectivity index is 2.33. The summed E-state index contributed by atoms with van der Waals surface area (Å²) < 4.78 is 0. The van der Waals surface area contributed by atoms with Crippen LogP contribution in [0.4, 0.5) is 0 Å². The van der Waals surface area contributed by atoms with E-state index in [4.69, 9.17) is 5.11 Å². The summed E-state index contributed by atoms with van der Waals surface area (Å²) in [6.07, 6.45) is 1.81. The number of nitrogens with zero attached hydrogens (tertiary/aromatic N) is 1. The third kappa shape index (κ3) is 2.07. The highest BCUT2D eigenvalue weighted by Crippen LogP contribution is 2.26. The largest absolute Gasteiger partial charge is 0.481 e. The van der Waals surface area contributed by atoms with Gasteiger partial charge in [-0.15, -0.1) is 11.3 Å². The van der Waals surface area contributed by atoms with E-state index >= 15 is 0 Å². The summed E-state index contributed by atoms with van der Waals surface area (Å²) in [4.78, 5) is 18.9. The Hall–Kier alpha value is -1.62. The van der Waals surface area contributed by atoms with Crippen LogP contribution in [0.1, 0.15) is 10.6 Å². The van der Waals surface area contributed by atoms with Crippen LogP contribution >= 0.6 is 11.3 Å². The molecule has 0 bridgehead atoms. The number of carboxylic acids is 1. The zero-order valence-corrected chi connectivity index (χ0v) is 8.97. The van der Waals surface area contributed by atoms with Gasteiger partial charge >= 0.3 is 5.97 Å². The molecule has 0 aromatic carbocycles. The van der Waals surface area contributed by atoms with Crippen molar-refractivity contribution >= 4 is 17.3 Å². The van der Waals surface area contributed by atoms with E-state index < -0.39 is 5.97 Å². The maximum Gasteiger partial charge on any atom is 0.309 e. The van der Waals surface area contributed by atoms with Crippen LogP contribution in [0, 0.1) is 6.92 Å². The molecular formula is C10H10N2O2S. The number of hydrogen-bond donors (Lipinski definition) is 2. The van der Waals surface area contributed by atoms with E-state index in [0.29, 0.717) is 5.69 Å². The van der Waals surface area contributed by atoms with Crippen molar-refractivity contribution in [3.05, 3.63) is 28.9 Å². The van der Waals surface area contributed by atoms with Gasteiger partial charge in [0.2, 0.25) is 0 Å². The fourth-order valence-corrected chi connectivity index (χ4v) is 2.23. The van der Waals surface area contributed by atoms with E-state index in [0.717, 1.165) is 15.6 Å². The van der Waals surface area contributed by atoms with Gasteiger partial charge in [0.05, 0.1) is 17.8 Å². The number of aryl methyl sites for hydroxylation is 1. The van der Waals surface area contributed by atoms with E-state index in [1.807, 2.05) is 25.3 Å². The zero-order chi connectivity index (χ0) is 10.8. The fraction of sp³-hybridized carbons (Fsp3) is 0.200. The van der Waals surface area contributed by atoms with Crippen molar-refractivity contribution in [2.75, 3.05) is 0 Å². The average molecular weight is 222 g/mol. The molecule has 5 heteroatoms. The highest BCUT2D eigenvalue weighted by molar-refractivity contribution is 7.15. The van der Waals surface area contributed by atoms with Crippen molar-refractivity contribution in [1.29, 1.82) is 0 Å². The molecule has 0 fully saturated rings. The molecule has 2 rings (SSSR count). The Bertz CT molecular complexity index is 474. The monoisotopic (exact) mass is 222 g/mol. The molecular weight excluding hydrogens is 212 g/mol. The quantitative estimate of drug-likeness (QED) is 0.835. The summed E-state index contributed by atoms with van der Waals surface area (Å²) in [6.45, 7) is 1.89. The summed E-state index contributed by atoms with van der Waals surface area (Å²) in [6, 6.07) is 3.81. The number of aliphatic carboxylic acids is 1. The Morgan fingerprint density at radius 2 is 2.47 bits per heavy atom. The predicted molar refractivity (Wildman–Crippen MR) is 58.0 cm³/mol. The SMILES string of the molecule is Cc1sc(-c2ccc[nH]2)nc1CC(=O)O. The molecule has 0 aliphatic heterocycles. The van der Waals surface area contributed by atoms with Crippen LogP contribution in [0.25, 0.3) is 10.7 Å². The molecule has 2 aromatic heterocycles. The molecule has 2 heterocycles. The molecule has 0 aliphatic carbocycles. The Kier molecular flexibility index (Phi) is 2.55. The first-order valence-corrected chi connectivity index (χ1v) is 5.30. The summed E-state index contributed by atoms with van der Waals surface area (Å²) in [5.74, 6) is -0.846. The average Bonchev–Trinajstić information content (AvgIpc) is 2.75. The molecule has 0 atom stereocenters. The topological polar surface area (TPSA) is 66.0 Å². The normalized spacial score (nSPS) is 10.5. The lowest BCUT2D eigenvalue weighted by Gasteiger charge is -1.90. The molecule has 0 saturated heterocycles. The second-order valence-electron chi connectivity index (χ2n) is 3.18. The number of aromatic amines is 1. The zero-order valence-electron chi connectivity index (χ0n) is 8.15. The molecule has 78 valence electrons. The van der Waals surface area contributed by atoms with Crippen molar-refractivity contribution < 1.29 is 9.90 Å². The molecule has 15 heavy (non-hydrogen) atoms. The van der Waals surface area contributed by atoms with Crippen LogP contribution in [0.5, 0.6) is 0 Å². The maximum absolute atomic E-state index is 10.6. The van der Waals surface area contributed by atoms with Crippen LogP contribution in [-0.4, -0.2) is 21.0 Å². The van der Waals surface area contributed by atoms with Crippen LogP contribution in [0.15, 0.2) is 18.3 Å². The summed E-state index contributed by atoms with van der Waals surface area (Å²) in [5, 5.41) is 9.53. The number of H-pyrrole nitrogens is 1. The predicted octanol–water partition coefficient (Wildman–Crippen LogP) is 2.07. The molecule has 0 radical (unpaired) electrons. The highest BCUT2D eigenvalue weighted by atomic mass is 32.1. The second kappa shape index (κ2) is 3.86. The van der Waals surface area contributed by atoms with Gasteiger partial charge in [-0.3, -0.25) is 4.79 Å². The first kappa shape index (κ1) is 9.92.